The first kappa shape index (κ1) is 18.0. The van der Waals surface area contributed by atoms with E-state index in [0.717, 1.165) is 36.8 Å². The minimum Gasteiger partial charge on any atom is -0.462 e. The fraction of sp³-hybridized carbons (Fsp3) is 0.667. The minimum atomic E-state index is -0.372. The maximum absolute atomic E-state index is 12.5. The molecule has 2 aliphatic heterocycles. The summed E-state index contributed by atoms with van der Waals surface area (Å²) in [5, 5.41) is 0. The zero-order chi connectivity index (χ0) is 19.3. The van der Waals surface area contributed by atoms with Gasteiger partial charge in [-0.2, -0.15) is 0 Å². The molecule has 27 heavy (non-hydrogen) atoms. The Morgan fingerprint density at radius 3 is 2.44 bits per heavy atom. The van der Waals surface area contributed by atoms with Crippen molar-refractivity contribution < 1.29 is 9.53 Å². The molecular formula is C18H25N5O4. The lowest BCUT2D eigenvalue weighted by molar-refractivity contribution is -0.149. The molecule has 2 unspecified atom stereocenters. The number of rotatable bonds is 4. The number of esters is 1. The number of aromatic nitrogens is 4. The van der Waals surface area contributed by atoms with E-state index in [9.17, 15) is 14.4 Å². The van der Waals surface area contributed by atoms with Gasteiger partial charge in [0, 0.05) is 59.0 Å². The largest absolute Gasteiger partial charge is 0.462 e. The van der Waals surface area contributed by atoms with Crippen molar-refractivity contribution in [2.45, 2.75) is 57.3 Å². The number of piperidine rings is 1. The van der Waals surface area contributed by atoms with Crippen molar-refractivity contribution in [1.29, 1.82) is 0 Å². The van der Waals surface area contributed by atoms with Crippen LogP contribution in [0.25, 0.3) is 11.2 Å². The van der Waals surface area contributed by atoms with Crippen LogP contribution in [0.5, 0.6) is 0 Å². The molecule has 0 N–H and O–H groups in total. The van der Waals surface area contributed by atoms with Crippen molar-refractivity contribution in [3.63, 3.8) is 0 Å². The third kappa shape index (κ3) is 2.99. The Labute approximate surface area is 156 Å². The molecule has 2 aromatic rings. The van der Waals surface area contributed by atoms with Gasteiger partial charge in [0.25, 0.3) is 5.56 Å². The summed E-state index contributed by atoms with van der Waals surface area (Å²) in [5.74, 6) is -0.209. The normalized spacial score (nSPS) is 25.2. The number of hydrogen-bond acceptors (Lipinski definition) is 6. The van der Waals surface area contributed by atoms with Gasteiger partial charge in [0.05, 0.1) is 6.33 Å². The fourth-order valence-electron chi connectivity index (χ4n) is 4.71. The van der Waals surface area contributed by atoms with Crippen LogP contribution in [0.3, 0.4) is 0 Å². The van der Waals surface area contributed by atoms with Crippen LogP contribution >= 0.6 is 0 Å². The van der Waals surface area contributed by atoms with Gasteiger partial charge in [0.15, 0.2) is 11.2 Å². The van der Waals surface area contributed by atoms with E-state index in [1.807, 2.05) is 4.57 Å². The van der Waals surface area contributed by atoms with Crippen molar-refractivity contribution in [2.24, 2.45) is 14.1 Å². The first-order valence-electron chi connectivity index (χ1n) is 9.40. The molecule has 9 heteroatoms. The summed E-state index contributed by atoms with van der Waals surface area (Å²) in [6.45, 7) is 2.90. The second-order valence-corrected chi connectivity index (χ2v) is 7.64. The molecular weight excluding hydrogens is 350 g/mol. The lowest BCUT2D eigenvalue weighted by atomic mass is 9.99. The van der Waals surface area contributed by atoms with Crippen LogP contribution in [0.15, 0.2) is 15.9 Å². The van der Waals surface area contributed by atoms with Gasteiger partial charge in [-0.3, -0.25) is 23.6 Å². The van der Waals surface area contributed by atoms with Crippen LogP contribution in [-0.4, -0.2) is 54.3 Å². The van der Waals surface area contributed by atoms with Gasteiger partial charge < -0.3 is 9.30 Å². The van der Waals surface area contributed by atoms with Crippen LogP contribution in [0.1, 0.15) is 32.6 Å². The van der Waals surface area contributed by atoms with Crippen LogP contribution in [0, 0.1) is 0 Å². The minimum absolute atomic E-state index is 0.0205. The van der Waals surface area contributed by atoms with Crippen molar-refractivity contribution in [1.82, 2.24) is 23.6 Å². The first-order chi connectivity index (χ1) is 12.9. The smallest absolute Gasteiger partial charge is 0.332 e. The lowest BCUT2D eigenvalue weighted by Gasteiger charge is -2.38. The SMILES string of the molecule is CC(=O)OC1CC2CCC(C1)N2CCn1cnc2c1c(=O)n(C)c(=O)n2C. The van der Waals surface area contributed by atoms with Crippen LogP contribution < -0.4 is 11.2 Å². The third-order valence-corrected chi connectivity index (χ3v) is 5.99. The number of hydrogen-bond donors (Lipinski definition) is 0. The highest BCUT2D eigenvalue weighted by Crippen LogP contribution is 2.36. The second-order valence-electron chi connectivity index (χ2n) is 7.64. The highest BCUT2D eigenvalue weighted by Gasteiger charge is 2.41. The number of ether oxygens (including phenoxy) is 1. The maximum atomic E-state index is 12.5. The van der Waals surface area contributed by atoms with Gasteiger partial charge in [-0.05, 0) is 12.8 Å². The van der Waals surface area contributed by atoms with Crippen molar-refractivity contribution in [3.8, 4) is 0 Å². The van der Waals surface area contributed by atoms with Gasteiger partial charge in [-0.25, -0.2) is 9.78 Å². The molecule has 2 bridgehead atoms. The molecule has 0 aromatic carbocycles. The number of carbonyl (C=O) groups is 1. The molecule has 4 rings (SSSR count). The second kappa shape index (κ2) is 6.63. The van der Waals surface area contributed by atoms with Gasteiger partial charge >= 0.3 is 11.7 Å². The van der Waals surface area contributed by atoms with Gasteiger partial charge in [-0.1, -0.05) is 0 Å². The summed E-state index contributed by atoms with van der Waals surface area (Å²) in [6, 6.07) is 0.824. The standard InChI is InChI=1S/C18H25N5O4/c1-11(24)27-14-8-12-4-5-13(9-14)23(12)7-6-22-10-19-16-15(22)17(25)21(3)18(26)20(16)2/h10,12-14H,4-9H2,1-3H3. The van der Waals surface area contributed by atoms with Gasteiger partial charge in [0.1, 0.15) is 6.10 Å². The zero-order valence-electron chi connectivity index (χ0n) is 15.9. The quantitative estimate of drug-likeness (QED) is 0.698. The van der Waals surface area contributed by atoms with E-state index in [2.05, 4.69) is 9.88 Å². The topological polar surface area (TPSA) is 91.4 Å². The maximum Gasteiger partial charge on any atom is 0.332 e. The summed E-state index contributed by atoms with van der Waals surface area (Å²) in [4.78, 5) is 42.6. The first-order valence-corrected chi connectivity index (χ1v) is 9.40. The molecule has 2 aliphatic rings. The third-order valence-electron chi connectivity index (χ3n) is 5.99. The Bertz CT molecular complexity index is 990. The Balaban J connectivity index is 1.53. The number of carbonyl (C=O) groups excluding carboxylic acids is 1. The van der Waals surface area contributed by atoms with E-state index in [1.54, 1.807) is 13.4 Å². The molecule has 4 heterocycles. The molecule has 146 valence electrons. The van der Waals surface area contributed by atoms with E-state index in [1.165, 1.54) is 18.5 Å². The predicted molar refractivity (Wildman–Crippen MR) is 98.5 cm³/mol. The van der Waals surface area contributed by atoms with Gasteiger partial charge in [-0.15, -0.1) is 0 Å². The van der Waals surface area contributed by atoms with E-state index in [-0.39, 0.29) is 23.3 Å². The van der Waals surface area contributed by atoms with E-state index in [0.29, 0.717) is 29.8 Å². The fourth-order valence-corrected chi connectivity index (χ4v) is 4.71. The Kier molecular flexibility index (Phi) is 4.41. The van der Waals surface area contributed by atoms with Crippen LogP contribution in [0.2, 0.25) is 0 Å². The summed E-state index contributed by atoms with van der Waals surface area (Å²) < 4.78 is 9.79. The van der Waals surface area contributed by atoms with Crippen molar-refractivity contribution in [2.75, 3.05) is 6.54 Å². The highest BCUT2D eigenvalue weighted by molar-refractivity contribution is 5.69. The average molecular weight is 375 g/mol. The molecule has 0 amide bonds. The van der Waals surface area contributed by atoms with Crippen LogP contribution in [-0.2, 0) is 30.2 Å². The van der Waals surface area contributed by atoms with Crippen molar-refractivity contribution in [3.05, 3.63) is 27.2 Å². The van der Waals surface area contributed by atoms with Crippen LogP contribution in [0.4, 0.5) is 0 Å². The Morgan fingerprint density at radius 1 is 1.15 bits per heavy atom. The molecule has 0 spiro atoms. The summed E-state index contributed by atoms with van der Waals surface area (Å²) >= 11 is 0. The number of imidazole rings is 1. The Hall–Kier alpha value is -2.42. The van der Waals surface area contributed by atoms with E-state index in [4.69, 9.17) is 4.74 Å². The number of aryl methyl sites for hydroxylation is 1. The van der Waals surface area contributed by atoms with Gasteiger partial charge in [0.2, 0.25) is 0 Å². The molecule has 0 saturated carbocycles. The summed E-state index contributed by atoms with van der Waals surface area (Å²) in [7, 11) is 3.11. The Morgan fingerprint density at radius 2 is 1.81 bits per heavy atom. The zero-order valence-corrected chi connectivity index (χ0v) is 15.9. The molecule has 0 radical (unpaired) electrons. The molecule has 2 atom stereocenters. The average Bonchev–Trinajstić information content (AvgIpc) is 3.14. The monoisotopic (exact) mass is 375 g/mol. The van der Waals surface area contributed by atoms with Crippen molar-refractivity contribution >= 4 is 17.1 Å². The summed E-state index contributed by atoms with van der Waals surface area (Å²) in [6.07, 6.45) is 5.63. The van der Waals surface area contributed by atoms with E-state index >= 15 is 0 Å². The predicted octanol–water partition coefficient (Wildman–Crippen LogP) is -0.00780. The molecule has 2 fully saturated rings. The number of nitrogens with zero attached hydrogens (tertiary/aromatic N) is 5. The van der Waals surface area contributed by atoms with E-state index < -0.39 is 0 Å². The number of fused-ring (bicyclic) bond motifs is 3. The summed E-state index contributed by atoms with van der Waals surface area (Å²) in [5.41, 5.74) is 0.187. The molecule has 2 saturated heterocycles. The molecule has 2 aromatic heterocycles. The molecule has 0 aliphatic carbocycles. The lowest BCUT2D eigenvalue weighted by Crippen LogP contribution is -2.47. The molecule has 9 nitrogen and oxygen atoms in total. The highest BCUT2D eigenvalue weighted by atomic mass is 16.5.